The summed E-state index contributed by atoms with van der Waals surface area (Å²) in [5.74, 6) is -1.29. The Bertz CT molecular complexity index is 1730. The first-order valence-electron chi connectivity index (χ1n) is 15.0. The van der Waals surface area contributed by atoms with Crippen LogP contribution >= 0.6 is 22.7 Å². The summed E-state index contributed by atoms with van der Waals surface area (Å²) < 4.78 is 9.95. The van der Waals surface area contributed by atoms with Crippen LogP contribution in [0.4, 0.5) is 5.13 Å². The fraction of sp³-hybridized carbons (Fsp3) is 0.200. The van der Waals surface area contributed by atoms with Crippen molar-refractivity contribution in [2.24, 2.45) is 10.3 Å². The quantitative estimate of drug-likeness (QED) is 0.0495. The predicted molar refractivity (Wildman–Crippen MR) is 186 cm³/mol. The normalized spacial score (nSPS) is 11.6. The largest absolute Gasteiger partial charge is 0.461 e. The van der Waals surface area contributed by atoms with Crippen LogP contribution in [-0.4, -0.2) is 51.8 Å². The highest BCUT2D eigenvalue weighted by Gasteiger charge is 2.40. The van der Waals surface area contributed by atoms with Crippen LogP contribution in [0.1, 0.15) is 53.9 Å². The van der Waals surface area contributed by atoms with Gasteiger partial charge in [-0.15, -0.1) is 22.7 Å². The van der Waals surface area contributed by atoms with E-state index in [-0.39, 0.29) is 30.3 Å². The highest BCUT2D eigenvalue weighted by Crippen LogP contribution is 2.40. The van der Waals surface area contributed by atoms with Gasteiger partial charge < -0.3 is 25.3 Å². The van der Waals surface area contributed by atoms with Gasteiger partial charge in [-0.25, -0.2) is 19.6 Å². The van der Waals surface area contributed by atoms with Crippen LogP contribution < -0.4 is 5.73 Å². The van der Waals surface area contributed by atoms with Gasteiger partial charge in [0.15, 0.2) is 5.13 Å². The molecule has 2 aromatic heterocycles. The lowest BCUT2D eigenvalue weighted by atomic mass is 9.80. The predicted octanol–water partition coefficient (Wildman–Crippen LogP) is 6.45. The fourth-order valence-electron chi connectivity index (χ4n) is 4.55. The molecule has 0 unspecified atom stereocenters. The monoisotopic (exact) mass is 685 g/mol. The molecule has 3 aromatic carbocycles. The average molecular weight is 686 g/mol. The Morgan fingerprint density at radius 1 is 0.729 bits per heavy atom. The maximum Gasteiger partial charge on any atom is 0.362 e. The van der Waals surface area contributed by atoms with Gasteiger partial charge >= 0.3 is 11.9 Å². The Kier molecular flexibility index (Phi) is 12.9. The molecule has 0 saturated carbocycles. The Morgan fingerprint density at radius 2 is 1.19 bits per heavy atom. The number of ether oxygens (including phenoxy) is 2. The number of anilines is 1. The first-order valence-corrected chi connectivity index (χ1v) is 16.8. The zero-order chi connectivity index (χ0) is 34.4. The zero-order valence-corrected chi connectivity index (χ0v) is 28.2. The number of aromatic nitrogens is 2. The van der Waals surface area contributed by atoms with Crippen molar-refractivity contribution in [2.45, 2.75) is 32.8 Å². The SMILES string of the molecule is CCOC(=O)/C(=N\O)c1csc(N)n1.CCOC(=O)/C(=N\OC(c1ccccc1)(c1ccccc1)c1ccccc1)c1csc(CC)n1. The first kappa shape index (κ1) is 35.5. The van der Waals surface area contributed by atoms with E-state index in [0.717, 1.165) is 39.5 Å². The molecule has 248 valence electrons. The molecule has 2 heterocycles. The summed E-state index contributed by atoms with van der Waals surface area (Å²) in [7, 11) is 0. The van der Waals surface area contributed by atoms with Gasteiger partial charge in [0.05, 0.1) is 18.2 Å². The average Bonchev–Trinajstić information content (AvgIpc) is 3.78. The molecule has 0 atom stereocenters. The molecule has 3 N–H and O–H groups in total. The summed E-state index contributed by atoms with van der Waals surface area (Å²) >= 11 is 2.63. The van der Waals surface area contributed by atoms with Gasteiger partial charge in [-0.1, -0.05) is 108 Å². The molecule has 0 amide bonds. The number of carbonyl (C=O) groups is 2. The molecular weight excluding hydrogens is 651 g/mol. The van der Waals surface area contributed by atoms with Crippen molar-refractivity contribution < 1.29 is 29.1 Å². The smallest absolute Gasteiger partial charge is 0.362 e. The van der Waals surface area contributed by atoms with Gasteiger partial charge in [0.2, 0.25) is 17.0 Å². The topological polar surface area (TPSA) is 159 Å². The number of carbonyl (C=O) groups excluding carboxylic acids is 2. The van der Waals surface area contributed by atoms with Gasteiger partial charge in [0.25, 0.3) is 0 Å². The number of nitrogens with zero attached hydrogens (tertiary/aromatic N) is 4. The summed E-state index contributed by atoms with van der Waals surface area (Å²) in [6.45, 7) is 5.87. The third-order valence-corrected chi connectivity index (χ3v) is 8.38. The van der Waals surface area contributed by atoms with Crippen LogP contribution in [0.2, 0.25) is 0 Å². The molecular formula is C35H35N5O6S2. The molecule has 0 radical (unpaired) electrons. The van der Waals surface area contributed by atoms with Crippen molar-refractivity contribution in [1.29, 1.82) is 0 Å². The van der Waals surface area contributed by atoms with E-state index in [0.29, 0.717) is 10.8 Å². The summed E-state index contributed by atoms with van der Waals surface area (Å²) in [5, 5.41) is 20.4. The highest BCUT2D eigenvalue weighted by molar-refractivity contribution is 7.13. The molecule has 0 aliphatic rings. The summed E-state index contributed by atoms with van der Waals surface area (Å²) in [5.41, 5.74) is 7.39. The minimum atomic E-state index is -1.09. The van der Waals surface area contributed by atoms with E-state index in [9.17, 15) is 9.59 Å². The van der Waals surface area contributed by atoms with E-state index in [1.54, 1.807) is 13.8 Å². The molecule has 0 saturated heterocycles. The maximum absolute atomic E-state index is 12.9. The van der Waals surface area contributed by atoms with E-state index in [1.165, 1.54) is 16.7 Å². The second-order valence-corrected chi connectivity index (χ2v) is 11.6. The molecule has 0 aliphatic carbocycles. The van der Waals surface area contributed by atoms with E-state index >= 15 is 0 Å². The fourth-order valence-corrected chi connectivity index (χ4v) is 5.83. The minimum absolute atomic E-state index is 0.0463. The third kappa shape index (κ3) is 8.49. The second-order valence-electron chi connectivity index (χ2n) is 9.75. The van der Waals surface area contributed by atoms with Crippen molar-refractivity contribution in [2.75, 3.05) is 18.9 Å². The van der Waals surface area contributed by atoms with Crippen LogP contribution in [-0.2, 0) is 35.9 Å². The maximum atomic E-state index is 12.9. The van der Waals surface area contributed by atoms with E-state index in [2.05, 4.69) is 25.0 Å². The molecule has 0 bridgehead atoms. The van der Waals surface area contributed by atoms with E-state index < -0.39 is 17.5 Å². The second kappa shape index (κ2) is 17.5. The van der Waals surface area contributed by atoms with Crippen molar-refractivity contribution in [3.8, 4) is 0 Å². The number of rotatable bonds is 12. The summed E-state index contributed by atoms with van der Waals surface area (Å²) in [6, 6.07) is 29.6. The zero-order valence-electron chi connectivity index (χ0n) is 26.6. The van der Waals surface area contributed by atoms with Gasteiger partial charge in [-0.05, 0) is 20.3 Å². The third-order valence-electron chi connectivity index (χ3n) is 6.71. The Morgan fingerprint density at radius 3 is 1.58 bits per heavy atom. The Balaban J connectivity index is 0.000000312. The number of nitrogen functional groups attached to an aromatic ring is 1. The van der Waals surface area contributed by atoms with Gasteiger partial charge in [0.1, 0.15) is 11.4 Å². The molecule has 0 aliphatic heterocycles. The van der Waals surface area contributed by atoms with Crippen LogP contribution in [0.5, 0.6) is 0 Å². The number of hydrogen-bond donors (Lipinski definition) is 2. The van der Waals surface area contributed by atoms with Crippen molar-refractivity contribution in [1.82, 2.24) is 9.97 Å². The number of esters is 2. The standard InChI is InChI=1S/C28H26N2O3S.C7H9N3O3S/c1-3-25-29-24(20-34-25)26(27(31)32-4-2)30-33-28(21-14-8-5-9-15-21,22-16-10-6-11-17-22)23-18-12-7-13-19-23;1-2-13-6(11)5(10-12)4-3-14-7(8)9-4/h5-20H,3-4H2,1-2H3;3,12H,2H2,1H3,(H2,8,9)/b30-26-;10-5-. The lowest BCUT2D eigenvalue weighted by molar-refractivity contribution is -0.136. The van der Waals surface area contributed by atoms with Crippen LogP contribution in [0, 0.1) is 0 Å². The number of aryl methyl sites for hydroxylation is 1. The molecule has 0 fully saturated rings. The summed E-state index contributed by atoms with van der Waals surface area (Å²) in [4.78, 5) is 38.9. The molecule has 48 heavy (non-hydrogen) atoms. The van der Waals surface area contributed by atoms with Crippen molar-refractivity contribution >= 4 is 51.2 Å². The van der Waals surface area contributed by atoms with Crippen LogP contribution in [0.25, 0.3) is 0 Å². The number of nitrogens with two attached hydrogens (primary N) is 1. The lowest BCUT2D eigenvalue weighted by Gasteiger charge is -2.33. The van der Waals surface area contributed by atoms with Gasteiger partial charge in [-0.3, -0.25) is 0 Å². The van der Waals surface area contributed by atoms with Crippen LogP contribution in [0.3, 0.4) is 0 Å². The van der Waals surface area contributed by atoms with Crippen molar-refractivity contribution in [3.63, 3.8) is 0 Å². The van der Waals surface area contributed by atoms with E-state index in [4.69, 9.17) is 20.5 Å². The Labute approximate surface area is 286 Å². The molecule has 13 heteroatoms. The van der Waals surface area contributed by atoms with Crippen molar-refractivity contribution in [3.05, 3.63) is 135 Å². The number of oxime groups is 2. The van der Waals surface area contributed by atoms with Gasteiger partial charge in [0, 0.05) is 27.5 Å². The molecule has 11 nitrogen and oxygen atoms in total. The van der Waals surface area contributed by atoms with E-state index in [1.807, 2.05) is 103 Å². The number of benzene rings is 3. The molecule has 5 aromatic rings. The highest BCUT2D eigenvalue weighted by atomic mass is 32.1. The number of hydrogen-bond acceptors (Lipinski definition) is 13. The Hall–Kier alpha value is -5.40. The molecule has 0 spiro atoms. The van der Waals surface area contributed by atoms with Gasteiger partial charge in [-0.2, -0.15) is 0 Å². The lowest BCUT2D eigenvalue weighted by Crippen LogP contribution is -2.32. The number of thiazole rings is 2. The first-order chi connectivity index (χ1) is 23.4. The minimum Gasteiger partial charge on any atom is -0.461 e. The molecule has 5 rings (SSSR count). The summed E-state index contributed by atoms with van der Waals surface area (Å²) in [6.07, 6.45) is 0.767. The van der Waals surface area contributed by atoms with Crippen LogP contribution in [0.15, 0.2) is 112 Å².